The van der Waals surface area contributed by atoms with E-state index in [2.05, 4.69) is 11.4 Å². The van der Waals surface area contributed by atoms with Gasteiger partial charge in [0.05, 0.1) is 11.6 Å². The predicted molar refractivity (Wildman–Crippen MR) is 73.9 cm³/mol. The monoisotopic (exact) mass is 285 g/mol. The molecule has 2 aromatic rings. The van der Waals surface area contributed by atoms with E-state index in [9.17, 15) is 8.78 Å². The number of halogens is 2. The molecule has 0 atom stereocenters. The molecule has 0 N–H and O–H groups in total. The van der Waals surface area contributed by atoms with Gasteiger partial charge in [-0.1, -0.05) is 41.6 Å². The minimum Gasteiger partial charge on any atom is -0.390 e. The van der Waals surface area contributed by atoms with Gasteiger partial charge in [-0.15, -0.1) is 0 Å². The molecule has 2 rings (SSSR count). The zero-order valence-corrected chi connectivity index (χ0v) is 11.0. The highest BCUT2D eigenvalue weighted by Crippen LogP contribution is 2.23. The van der Waals surface area contributed by atoms with E-state index in [1.54, 1.807) is 42.5 Å². The van der Waals surface area contributed by atoms with E-state index in [1.165, 1.54) is 6.07 Å². The van der Waals surface area contributed by atoms with Crippen molar-refractivity contribution in [1.82, 2.24) is 0 Å². The summed E-state index contributed by atoms with van der Waals surface area (Å²) >= 11 is 0. The molecule has 0 spiro atoms. The zero-order chi connectivity index (χ0) is 15.1. The van der Waals surface area contributed by atoms with Gasteiger partial charge in [0.15, 0.2) is 0 Å². The Bertz CT molecular complexity index is 678. The first-order valence-electron chi connectivity index (χ1n) is 6.15. The lowest BCUT2D eigenvalue weighted by atomic mass is 10.1. The van der Waals surface area contributed by atoms with E-state index in [0.29, 0.717) is 16.7 Å². The SMILES string of the molecule is N#Cc1cccc(/[C]=N\OCc2ccccc2C(F)F)c1. The molecule has 0 unspecified atom stereocenters. The summed E-state index contributed by atoms with van der Waals surface area (Å²) in [6.45, 7) is -0.0640. The van der Waals surface area contributed by atoms with Crippen LogP contribution in [-0.4, -0.2) is 6.21 Å². The smallest absolute Gasteiger partial charge is 0.264 e. The first-order chi connectivity index (χ1) is 10.2. The summed E-state index contributed by atoms with van der Waals surface area (Å²) in [5.74, 6) is 0. The van der Waals surface area contributed by atoms with Crippen LogP contribution in [0.15, 0.2) is 53.7 Å². The van der Waals surface area contributed by atoms with Crippen molar-refractivity contribution >= 4 is 6.21 Å². The number of rotatable bonds is 5. The van der Waals surface area contributed by atoms with E-state index < -0.39 is 6.43 Å². The third-order valence-electron chi connectivity index (χ3n) is 2.74. The van der Waals surface area contributed by atoms with Crippen LogP contribution in [0, 0.1) is 11.3 Å². The van der Waals surface area contributed by atoms with Crippen molar-refractivity contribution in [2.24, 2.45) is 5.16 Å². The van der Waals surface area contributed by atoms with Crippen molar-refractivity contribution in [2.75, 3.05) is 0 Å². The standard InChI is InChI=1S/C16H11F2N2O/c17-16(18)15-7-2-1-6-14(15)11-21-20-10-13-5-3-4-12(8-13)9-19/h1-8,16H,11H2. The Balaban J connectivity index is 1.98. The van der Waals surface area contributed by atoms with Gasteiger partial charge < -0.3 is 4.84 Å². The molecule has 0 aliphatic heterocycles. The van der Waals surface area contributed by atoms with E-state index in [1.807, 2.05) is 6.07 Å². The van der Waals surface area contributed by atoms with Crippen molar-refractivity contribution in [2.45, 2.75) is 13.0 Å². The van der Waals surface area contributed by atoms with Gasteiger partial charge in [-0.2, -0.15) is 5.26 Å². The summed E-state index contributed by atoms with van der Waals surface area (Å²) in [6, 6.07) is 14.8. The van der Waals surface area contributed by atoms with Crippen molar-refractivity contribution in [3.05, 3.63) is 70.8 Å². The molecule has 0 amide bonds. The largest absolute Gasteiger partial charge is 0.390 e. The molecule has 2 aromatic carbocycles. The molecule has 0 saturated carbocycles. The predicted octanol–water partition coefficient (Wildman–Crippen LogP) is 3.92. The first kappa shape index (κ1) is 14.7. The average molecular weight is 285 g/mol. The number of hydrogen-bond donors (Lipinski definition) is 0. The van der Waals surface area contributed by atoms with Gasteiger partial charge in [0.2, 0.25) is 0 Å². The molecule has 0 heterocycles. The third kappa shape index (κ3) is 4.11. The average Bonchev–Trinajstić information content (AvgIpc) is 2.52. The lowest BCUT2D eigenvalue weighted by Crippen LogP contribution is -1.96. The topological polar surface area (TPSA) is 45.4 Å². The van der Waals surface area contributed by atoms with Crippen molar-refractivity contribution in [3.8, 4) is 6.07 Å². The van der Waals surface area contributed by atoms with Gasteiger partial charge in [0, 0.05) is 16.7 Å². The Morgan fingerprint density at radius 2 is 1.86 bits per heavy atom. The maximum Gasteiger partial charge on any atom is 0.264 e. The van der Waals surface area contributed by atoms with Crippen molar-refractivity contribution < 1.29 is 13.6 Å². The molecule has 105 valence electrons. The van der Waals surface area contributed by atoms with Crippen LogP contribution in [0.3, 0.4) is 0 Å². The highest BCUT2D eigenvalue weighted by atomic mass is 19.3. The lowest BCUT2D eigenvalue weighted by molar-refractivity contribution is 0.120. The van der Waals surface area contributed by atoms with Crippen molar-refractivity contribution in [3.63, 3.8) is 0 Å². The number of nitrogens with zero attached hydrogens (tertiary/aromatic N) is 2. The van der Waals surface area contributed by atoms with Crippen LogP contribution in [0.25, 0.3) is 0 Å². The van der Waals surface area contributed by atoms with E-state index in [0.717, 1.165) is 0 Å². The molecule has 5 heteroatoms. The number of alkyl halides is 2. The highest BCUT2D eigenvalue weighted by molar-refractivity contribution is 5.79. The Kier molecular flexibility index (Phi) is 4.99. The van der Waals surface area contributed by atoms with Gasteiger partial charge in [-0.3, -0.25) is 0 Å². The summed E-state index contributed by atoms with van der Waals surface area (Å²) in [5.41, 5.74) is 1.37. The molecule has 0 aliphatic rings. The zero-order valence-electron chi connectivity index (χ0n) is 11.0. The fraction of sp³-hybridized carbons (Fsp3) is 0.125. The maximum absolute atomic E-state index is 12.8. The Morgan fingerprint density at radius 3 is 2.62 bits per heavy atom. The van der Waals surface area contributed by atoms with Gasteiger partial charge in [0.1, 0.15) is 12.8 Å². The van der Waals surface area contributed by atoms with Gasteiger partial charge >= 0.3 is 0 Å². The van der Waals surface area contributed by atoms with Crippen LogP contribution < -0.4 is 0 Å². The lowest BCUT2D eigenvalue weighted by Gasteiger charge is -2.06. The maximum atomic E-state index is 12.8. The minimum atomic E-state index is -2.55. The second-order valence-corrected chi connectivity index (χ2v) is 4.17. The fourth-order valence-corrected chi connectivity index (χ4v) is 1.72. The fourth-order valence-electron chi connectivity index (χ4n) is 1.72. The summed E-state index contributed by atoms with van der Waals surface area (Å²) in [7, 11) is 0. The van der Waals surface area contributed by atoms with E-state index in [4.69, 9.17) is 10.1 Å². The van der Waals surface area contributed by atoms with Crippen LogP contribution >= 0.6 is 0 Å². The van der Waals surface area contributed by atoms with Gasteiger partial charge in [-0.05, 0) is 12.1 Å². The number of nitriles is 1. The molecule has 0 fully saturated rings. The van der Waals surface area contributed by atoms with Crippen LogP contribution in [0.4, 0.5) is 8.78 Å². The normalized spacial score (nSPS) is 10.8. The molecule has 1 radical (unpaired) electrons. The molecule has 0 bridgehead atoms. The molecule has 3 nitrogen and oxygen atoms in total. The third-order valence-corrected chi connectivity index (χ3v) is 2.74. The first-order valence-corrected chi connectivity index (χ1v) is 6.15. The Hall–Kier alpha value is -2.74. The number of hydrogen-bond acceptors (Lipinski definition) is 3. The summed E-state index contributed by atoms with van der Waals surface area (Å²) in [6.07, 6.45) is 0.0516. The van der Waals surface area contributed by atoms with Gasteiger partial charge in [0.25, 0.3) is 6.43 Å². The second-order valence-electron chi connectivity index (χ2n) is 4.17. The van der Waals surface area contributed by atoms with Crippen LogP contribution in [0.1, 0.15) is 28.7 Å². The van der Waals surface area contributed by atoms with E-state index >= 15 is 0 Å². The van der Waals surface area contributed by atoms with Crippen LogP contribution in [-0.2, 0) is 11.4 Å². The molecular formula is C16H11F2N2O. The van der Waals surface area contributed by atoms with Crippen LogP contribution in [0.2, 0.25) is 0 Å². The summed E-state index contributed by atoms with van der Waals surface area (Å²) in [4.78, 5) is 4.99. The highest BCUT2D eigenvalue weighted by Gasteiger charge is 2.11. The summed E-state index contributed by atoms with van der Waals surface area (Å²) in [5, 5.41) is 12.4. The van der Waals surface area contributed by atoms with E-state index in [-0.39, 0.29) is 12.2 Å². The number of benzene rings is 2. The molecule has 0 aromatic heterocycles. The second kappa shape index (κ2) is 7.15. The Morgan fingerprint density at radius 1 is 1.10 bits per heavy atom. The Labute approximate surface area is 121 Å². The van der Waals surface area contributed by atoms with Gasteiger partial charge in [-0.25, -0.2) is 8.78 Å². The molecule has 21 heavy (non-hydrogen) atoms. The molecule has 0 aliphatic carbocycles. The molecular weight excluding hydrogens is 274 g/mol. The van der Waals surface area contributed by atoms with Crippen LogP contribution in [0.5, 0.6) is 0 Å². The quantitative estimate of drug-likeness (QED) is 0.617. The molecule has 0 saturated heterocycles. The summed E-state index contributed by atoms with van der Waals surface area (Å²) < 4.78 is 25.5. The minimum absolute atomic E-state index is 0.0640. The van der Waals surface area contributed by atoms with Crippen molar-refractivity contribution in [1.29, 1.82) is 5.26 Å².